The average molecular weight is 1120 g/mol. The van der Waals surface area contributed by atoms with Crippen LogP contribution in [0.25, 0.3) is 0 Å². The number of carbonyl (C=O) groups excluding carboxylic acids is 2. The van der Waals surface area contributed by atoms with Gasteiger partial charge in [0.1, 0.15) is 30.5 Å². The summed E-state index contributed by atoms with van der Waals surface area (Å²) in [7, 11) is 0. The smallest absolute Gasteiger partial charge is 0.251 e. The third kappa shape index (κ3) is 36.2. The summed E-state index contributed by atoms with van der Waals surface area (Å²) in [5.74, 6) is 0.0166. The first-order valence-electron chi connectivity index (χ1n) is 33.4. The molecule has 0 bridgehead atoms. The molecule has 1 heterocycles. The molecule has 1 aliphatic rings. The predicted octanol–water partition coefficient (Wildman–Crippen LogP) is 16.4. The molecular weight excluding hydrogens is 993 g/mol. The summed E-state index contributed by atoms with van der Waals surface area (Å²) in [6.45, 7) is 20.2. The summed E-state index contributed by atoms with van der Waals surface area (Å²) in [6, 6.07) is 8.93. The average Bonchev–Trinajstić information content (AvgIpc) is 3.50. The van der Waals surface area contributed by atoms with Crippen LogP contribution in [0.4, 0.5) is 0 Å². The summed E-state index contributed by atoms with van der Waals surface area (Å²) in [5.41, 5.74) is 0.712. The van der Waals surface area contributed by atoms with Crippen LogP contribution in [0.2, 0.25) is 0 Å². The third-order valence-corrected chi connectivity index (χ3v) is 15.4. The Balaban J connectivity index is 2.31. The van der Waals surface area contributed by atoms with Gasteiger partial charge in [0.2, 0.25) is 5.91 Å². The van der Waals surface area contributed by atoms with E-state index in [9.17, 15) is 9.59 Å². The number of ether oxygens (including phenoxy) is 8. The molecule has 2 N–H and O–H groups in total. The normalized spacial score (nSPS) is 18.6. The Morgan fingerprint density at radius 1 is 0.481 bits per heavy atom. The number of hydrogen-bond acceptors (Lipinski definition) is 10. The molecule has 79 heavy (non-hydrogen) atoms. The molecule has 12 heteroatoms. The van der Waals surface area contributed by atoms with Gasteiger partial charge in [0, 0.05) is 58.2 Å². The Hall–Kier alpha value is -2.16. The molecule has 1 fully saturated rings. The van der Waals surface area contributed by atoms with E-state index < -0.39 is 42.9 Å². The fraction of sp³-hybridized carbons (Fsp3) is 0.881. The van der Waals surface area contributed by atoms with Crippen LogP contribution in [0, 0.1) is 0 Å². The van der Waals surface area contributed by atoms with E-state index in [2.05, 4.69) is 59.1 Å². The molecule has 0 spiro atoms. The lowest BCUT2D eigenvalue weighted by molar-refractivity contribution is -0.325. The minimum Gasteiger partial charge on any atom is -0.379 e. The van der Waals surface area contributed by atoms with Crippen molar-refractivity contribution in [2.24, 2.45) is 0 Å². The largest absolute Gasteiger partial charge is 0.379 e. The Labute approximate surface area is 485 Å². The highest BCUT2D eigenvalue weighted by atomic mass is 16.7. The zero-order valence-corrected chi connectivity index (χ0v) is 52.2. The minimum atomic E-state index is -0.790. The molecule has 2 unspecified atom stereocenters. The highest BCUT2D eigenvalue weighted by Crippen LogP contribution is 2.31. The maximum Gasteiger partial charge on any atom is 0.251 e. The highest BCUT2D eigenvalue weighted by molar-refractivity contribution is 5.94. The van der Waals surface area contributed by atoms with Crippen LogP contribution in [0.5, 0.6) is 0 Å². The molecule has 1 aromatic rings. The standard InChI is InChI=1S/C67H124N2O10/c1-8-15-22-23-24-25-26-27-29-32-35-41-46-59(73-50-17-10-3)62(74-51-18-11-4)58(69-61(70)47-42-36-33-30-28-31-34-37-43-48-68-66(71)57-44-39-38-40-45-57)55-78-67-65(77-54-21-14-7)64(76-53-20-13-6)63(75-52-19-12-5)60(79-67)56-72-49-16-9-2/h38-40,44-45,58-60,62-65,67H,8-37,41-43,46-56H2,1-7H3,(H,68,71)(H,69,70)/t58-,59+,60?,62-,63-,64-,65?,67-/m0/s1. The summed E-state index contributed by atoms with van der Waals surface area (Å²) in [5, 5.41) is 6.55. The van der Waals surface area contributed by atoms with Crippen LogP contribution >= 0.6 is 0 Å². The highest BCUT2D eigenvalue weighted by Gasteiger charge is 2.49. The first-order chi connectivity index (χ1) is 38.9. The lowest BCUT2D eigenvalue weighted by Crippen LogP contribution is -2.63. The molecule has 1 aromatic carbocycles. The summed E-state index contributed by atoms with van der Waals surface area (Å²) in [4.78, 5) is 26.7. The van der Waals surface area contributed by atoms with Gasteiger partial charge in [-0.1, -0.05) is 227 Å². The first kappa shape index (κ1) is 72.9. The molecule has 0 radical (unpaired) electrons. The minimum absolute atomic E-state index is 0.000459. The molecule has 1 aliphatic heterocycles. The topological polar surface area (TPSA) is 132 Å². The van der Waals surface area contributed by atoms with Gasteiger partial charge in [-0.3, -0.25) is 9.59 Å². The number of amides is 2. The van der Waals surface area contributed by atoms with Crippen molar-refractivity contribution in [1.29, 1.82) is 0 Å². The molecule has 2 amide bonds. The van der Waals surface area contributed by atoms with Gasteiger partial charge in [-0.05, 0) is 69.9 Å². The number of rotatable bonds is 57. The maximum atomic E-state index is 14.3. The number of nitrogens with one attached hydrogen (secondary N) is 2. The van der Waals surface area contributed by atoms with Crippen molar-refractivity contribution >= 4 is 11.8 Å². The maximum absolute atomic E-state index is 14.3. The molecule has 1 saturated heterocycles. The van der Waals surface area contributed by atoms with Gasteiger partial charge in [0.25, 0.3) is 5.91 Å². The van der Waals surface area contributed by atoms with Gasteiger partial charge in [-0.15, -0.1) is 0 Å². The Morgan fingerprint density at radius 3 is 1.52 bits per heavy atom. The van der Waals surface area contributed by atoms with Gasteiger partial charge in [-0.2, -0.15) is 0 Å². The molecule has 2 rings (SSSR count). The van der Waals surface area contributed by atoms with Gasteiger partial charge in [-0.25, -0.2) is 0 Å². The summed E-state index contributed by atoms with van der Waals surface area (Å²) >= 11 is 0. The number of benzene rings is 1. The lowest BCUT2D eigenvalue weighted by atomic mass is 9.97. The van der Waals surface area contributed by atoms with E-state index in [0.29, 0.717) is 64.8 Å². The monoisotopic (exact) mass is 1120 g/mol. The molecule has 462 valence electrons. The van der Waals surface area contributed by atoms with E-state index >= 15 is 0 Å². The van der Waals surface area contributed by atoms with Gasteiger partial charge >= 0.3 is 0 Å². The summed E-state index contributed by atoms with van der Waals surface area (Å²) in [6.07, 6.45) is 35.0. The van der Waals surface area contributed by atoms with Gasteiger partial charge in [0.05, 0.1) is 25.4 Å². The van der Waals surface area contributed by atoms with E-state index in [1.54, 1.807) is 0 Å². The van der Waals surface area contributed by atoms with Crippen molar-refractivity contribution < 1.29 is 47.5 Å². The van der Waals surface area contributed by atoms with Crippen molar-refractivity contribution in [3.05, 3.63) is 35.9 Å². The van der Waals surface area contributed by atoms with E-state index in [0.717, 1.165) is 135 Å². The Morgan fingerprint density at radius 2 is 0.949 bits per heavy atom. The van der Waals surface area contributed by atoms with Crippen molar-refractivity contribution in [2.45, 2.75) is 322 Å². The lowest BCUT2D eigenvalue weighted by Gasteiger charge is -2.46. The van der Waals surface area contributed by atoms with Crippen LogP contribution in [0.3, 0.4) is 0 Å². The van der Waals surface area contributed by atoms with Crippen molar-refractivity contribution in [2.75, 3.05) is 59.4 Å². The SMILES string of the molecule is CCCCCCCCCCCCCC[C@@H](OCCCC)[C@@H](OCCCC)[C@H](CO[C@H]1OC(COCCCC)[C@H](OCCCC)[C@H](OCCCC)C1OCCCC)NC(=O)CCCCCCCCCCCNC(=O)c1ccccc1. The number of hydrogen-bond donors (Lipinski definition) is 2. The Kier molecular flexibility index (Phi) is 48.6. The van der Waals surface area contributed by atoms with Crippen molar-refractivity contribution in [1.82, 2.24) is 10.6 Å². The second-order valence-corrected chi connectivity index (χ2v) is 22.7. The number of unbranched alkanes of at least 4 members (excludes halogenated alkanes) is 25. The quantitative estimate of drug-likeness (QED) is 0.0608. The molecule has 0 aliphatic carbocycles. The molecule has 12 nitrogen and oxygen atoms in total. The van der Waals surface area contributed by atoms with E-state index in [4.69, 9.17) is 37.9 Å². The molecule has 8 atom stereocenters. The fourth-order valence-electron chi connectivity index (χ4n) is 10.2. The zero-order chi connectivity index (χ0) is 57.1. The van der Waals surface area contributed by atoms with Gasteiger partial charge < -0.3 is 48.5 Å². The third-order valence-electron chi connectivity index (χ3n) is 15.4. The van der Waals surface area contributed by atoms with Gasteiger partial charge in [0.15, 0.2) is 6.29 Å². The fourth-order valence-corrected chi connectivity index (χ4v) is 10.2. The first-order valence-corrected chi connectivity index (χ1v) is 33.4. The van der Waals surface area contributed by atoms with Crippen molar-refractivity contribution in [3.63, 3.8) is 0 Å². The van der Waals surface area contributed by atoms with Crippen molar-refractivity contribution in [3.8, 4) is 0 Å². The second kappa shape index (κ2) is 52.6. The predicted molar refractivity (Wildman–Crippen MR) is 326 cm³/mol. The molecule has 0 saturated carbocycles. The molecular formula is C67H124N2O10. The Bertz CT molecular complexity index is 1490. The van der Waals surface area contributed by atoms with Crippen LogP contribution in [-0.4, -0.2) is 120 Å². The number of carbonyl (C=O) groups is 2. The van der Waals surface area contributed by atoms with Crippen LogP contribution in [-0.2, 0) is 42.7 Å². The molecule has 0 aromatic heterocycles. The van der Waals surface area contributed by atoms with E-state index in [-0.39, 0.29) is 24.5 Å². The van der Waals surface area contributed by atoms with E-state index in [1.165, 1.54) is 83.5 Å². The van der Waals surface area contributed by atoms with E-state index in [1.807, 2.05) is 30.3 Å². The summed E-state index contributed by atoms with van der Waals surface area (Å²) < 4.78 is 54.5. The zero-order valence-electron chi connectivity index (χ0n) is 52.2. The second-order valence-electron chi connectivity index (χ2n) is 22.7. The van der Waals surface area contributed by atoms with Crippen LogP contribution < -0.4 is 10.6 Å². The van der Waals surface area contributed by atoms with Crippen LogP contribution in [0.15, 0.2) is 30.3 Å². The van der Waals surface area contributed by atoms with Crippen LogP contribution in [0.1, 0.15) is 284 Å².